The summed E-state index contributed by atoms with van der Waals surface area (Å²) in [5.74, 6) is 0. The average Bonchev–Trinajstić information content (AvgIpc) is 2.15. The van der Waals surface area contributed by atoms with Gasteiger partial charge in [-0.05, 0) is 18.6 Å². The predicted octanol–water partition coefficient (Wildman–Crippen LogP) is 3.09. The van der Waals surface area contributed by atoms with Crippen molar-refractivity contribution >= 4 is 22.1 Å². The number of nitrogens with zero attached hydrogens (tertiary/aromatic N) is 1. The smallest absolute Gasteiger partial charge is 0.139 e. The molecule has 0 N–H and O–H groups in total. The van der Waals surface area contributed by atoms with Crippen LogP contribution in [0.4, 0.5) is 0 Å². The maximum Gasteiger partial charge on any atom is 0.139 e. The number of hydrogen-bond donors (Lipinski definition) is 0. The predicted molar refractivity (Wildman–Crippen MR) is 56.9 cm³/mol. The Balaban J connectivity index is 2.44. The molecule has 13 heavy (non-hydrogen) atoms. The van der Waals surface area contributed by atoms with Gasteiger partial charge in [0.2, 0.25) is 0 Å². The van der Waals surface area contributed by atoms with Gasteiger partial charge in [-0.3, -0.25) is 0 Å². The zero-order valence-electron chi connectivity index (χ0n) is 7.46. The molecule has 0 unspecified atom stereocenters. The summed E-state index contributed by atoms with van der Waals surface area (Å²) in [7, 11) is 0. The lowest BCUT2D eigenvalue weighted by Crippen LogP contribution is -1.86. The summed E-state index contributed by atoms with van der Waals surface area (Å²) in [6.07, 6.45) is 3.75. The Kier molecular flexibility index (Phi) is 4.54. The van der Waals surface area contributed by atoms with Gasteiger partial charge in [0.1, 0.15) is 12.8 Å². The first-order valence-corrected chi connectivity index (χ1v) is 4.96. The monoisotopic (exact) mass is 240 g/mol. The van der Waals surface area contributed by atoms with Crippen LogP contribution in [0.25, 0.3) is 0 Å². The van der Waals surface area contributed by atoms with Crippen molar-refractivity contribution in [2.45, 2.75) is 13.3 Å². The van der Waals surface area contributed by atoms with Crippen LogP contribution < -0.4 is 0 Å². The summed E-state index contributed by atoms with van der Waals surface area (Å²) in [6.45, 7) is 2.68. The van der Waals surface area contributed by atoms with Gasteiger partial charge < -0.3 is 4.84 Å². The van der Waals surface area contributed by atoms with Crippen LogP contribution in [-0.2, 0) is 4.84 Å². The van der Waals surface area contributed by atoms with E-state index in [1.807, 2.05) is 31.2 Å². The molecule has 0 aliphatic carbocycles. The molecule has 0 aliphatic heterocycles. The van der Waals surface area contributed by atoms with Crippen molar-refractivity contribution < 1.29 is 4.84 Å². The van der Waals surface area contributed by atoms with Crippen molar-refractivity contribution in [2.75, 3.05) is 6.61 Å². The van der Waals surface area contributed by atoms with E-state index in [2.05, 4.69) is 27.3 Å². The highest BCUT2D eigenvalue weighted by molar-refractivity contribution is 9.10. The Morgan fingerprint density at radius 3 is 2.69 bits per heavy atom. The fourth-order valence-corrected chi connectivity index (χ4v) is 1.01. The molecule has 1 aromatic rings. The van der Waals surface area contributed by atoms with Gasteiger partial charge in [0, 0.05) is 10.0 Å². The van der Waals surface area contributed by atoms with E-state index in [1.54, 1.807) is 0 Å². The minimum atomic E-state index is 0.642. The molecule has 0 aliphatic rings. The van der Waals surface area contributed by atoms with Crippen molar-refractivity contribution in [3.8, 4) is 0 Å². The normalized spacial score (nSPS) is 10.6. The van der Waals surface area contributed by atoms with Gasteiger partial charge in [-0.2, -0.15) is 0 Å². The van der Waals surface area contributed by atoms with Crippen molar-refractivity contribution in [1.29, 1.82) is 0 Å². The van der Waals surface area contributed by atoms with E-state index in [4.69, 9.17) is 4.84 Å². The summed E-state index contributed by atoms with van der Waals surface area (Å²) in [6, 6.07) is 7.72. The van der Waals surface area contributed by atoms with Crippen LogP contribution in [0.2, 0.25) is 0 Å². The molecule has 0 saturated heterocycles. The van der Waals surface area contributed by atoms with Gasteiger partial charge in [0.15, 0.2) is 0 Å². The average molecular weight is 241 g/mol. The summed E-state index contributed by atoms with van der Waals surface area (Å²) >= 11 is 3.35. The standard InChI is InChI=1S/C10H11BrNO/c1-2-7-13-12-8-9-3-5-10(11)6-4-9/h3-6H,2,7H2,1H3. The Labute approximate surface area is 86.7 Å². The van der Waals surface area contributed by atoms with Gasteiger partial charge in [0.05, 0.1) is 0 Å². The van der Waals surface area contributed by atoms with E-state index in [-0.39, 0.29) is 0 Å². The van der Waals surface area contributed by atoms with E-state index < -0.39 is 0 Å². The molecule has 1 rings (SSSR count). The van der Waals surface area contributed by atoms with Gasteiger partial charge in [-0.15, -0.1) is 0 Å². The fraction of sp³-hybridized carbons (Fsp3) is 0.300. The summed E-state index contributed by atoms with van der Waals surface area (Å²) in [5.41, 5.74) is 0.916. The lowest BCUT2D eigenvalue weighted by molar-refractivity contribution is 0.146. The molecule has 1 radical (unpaired) electrons. The molecule has 1 aromatic carbocycles. The zero-order valence-corrected chi connectivity index (χ0v) is 9.04. The summed E-state index contributed by atoms with van der Waals surface area (Å²) in [5, 5.41) is 3.70. The van der Waals surface area contributed by atoms with E-state index in [1.165, 1.54) is 0 Å². The van der Waals surface area contributed by atoms with Crippen LogP contribution in [0.1, 0.15) is 18.9 Å². The van der Waals surface area contributed by atoms with Crippen LogP contribution in [0, 0.1) is 0 Å². The largest absolute Gasteiger partial charge is 0.395 e. The van der Waals surface area contributed by atoms with Crippen LogP contribution in [-0.4, -0.2) is 12.8 Å². The van der Waals surface area contributed by atoms with Gasteiger partial charge in [0.25, 0.3) is 0 Å². The Morgan fingerprint density at radius 1 is 1.38 bits per heavy atom. The minimum absolute atomic E-state index is 0.642. The van der Waals surface area contributed by atoms with E-state index in [9.17, 15) is 0 Å². The molecule has 0 heterocycles. The second kappa shape index (κ2) is 5.75. The molecule has 2 nitrogen and oxygen atoms in total. The molecule has 0 bridgehead atoms. The molecule has 0 fully saturated rings. The first-order valence-electron chi connectivity index (χ1n) is 4.16. The summed E-state index contributed by atoms with van der Waals surface area (Å²) < 4.78 is 1.05. The molecular formula is C10H11BrNO. The number of hydrogen-bond acceptors (Lipinski definition) is 2. The number of benzene rings is 1. The minimum Gasteiger partial charge on any atom is -0.395 e. The first-order chi connectivity index (χ1) is 6.33. The molecule has 0 aromatic heterocycles. The molecule has 0 amide bonds. The first kappa shape index (κ1) is 10.3. The molecule has 0 spiro atoms. The van der Waals surface area contributed by atoms with Crippen LogP contribution in [0.5, 0.6) is 0 Å². The number of halogens is 1. The highest BCUT2D eigenvalue weighted by Crippen LogP contribution is 2.08. The van der Waals surface area contributed by atoms with Crippen molar-refractivity contribution in [2.24, 2.45) is 5.16 Å². The molecule has 3 heteroatoms. The van der Waals surface area contributed by atoms with Crippen molar-refractivity contribution in [3.05, 3.63) is 34.3 Å². The lowest BCUT2D eigenvalue weighted by atomic mass is 10.2. The van der Waals surface area contributed by atoms with E-state index >= 15 is 0 Å². The third-order valence-corrected chi connectivity index (χ3v) is 1.91. The van der Waals surface area contributed by atoms with Crippen LogP contribution >= 0.6 is 15.9 Å². The maximum absolute atomic E-state index is 4.92. The number of rotatable bonds is 4. The SMILES string of the molecule is CCCO/N=[C]\c1ccc(Br)cc1. The highest BCUT2D eigenvalue weighted by atomic mass is 79.9. The fourth-order valence-electron chi connectivity index (χ4n) is 0.746. The molecule has 0 saturated carbocycles. The lowest BCUT2D eigenvalue weighted by Gasteiger charge is -1.94. The molecule has 0 atom stereocenters. The third kappa shape index (κ3) is 4.08. The van der Waals surface area contributed by atoms with E-state index in [0.717, 1.165) is 16.5 Å². The molecule has 69 valence electrons. The Hall–Kier alpha value is -0.830. The maximum atomic E-state index is 4.92. The van der Waals surface area contributed by atoms with E-state index in [0.29, 0.717) is 6.61 Å². The third-order valence-electron chi connectivity index (χ3n) is 1.38. The summed E-state index contributed by atoms with van der Waals surface area (Å²) in [4.78, 5) is 4.92. The zero-order chi connectivity index (χ0) is 9.52. The van der Waals surface area contributed by atoms with Crippen molar-refractivity contribution in [3.63, 3.8) is 0 Å². The Bertz CT molecular complexity index is 269. The second-order valence-electron chi connectivity index (χ2n) is 2.54. The topological polar surface area (TPSA) is 21.6 Å². The van der Waals surface area contributed by atoms with Crippen LogP contribution in [0.3, 0.4) is 0 Å². The molecular weight excluding hydrogens is 230 g/mol. The highest BCUT2D eigenvalue weighted by Gasteiger charge is 1.88. The Morgan fingerprint density at radius 2 is 2.08 bits per heavy atom. The van der Waals surface area contributed by atoms with Gasteiger partial charge in [-0.1, -0.05) is 40.1 Å². The van der Waals surface area contributed by atoms with Gasteiger partial charge in [-0.25, -0.2) is 0 Å². The van der Waals surface area contributed by atoms with Crippen molar-refractivity contribution in [1.82, 2.24) is 0 Å². The van der Waals surface area contributed by atoms with Gasteiger partial charge >= 0.3 is 0 Å². The van der Waals surface area contributed by atoms with Crippen LogP contribution in [0.15, 0.2) is 33.9 Å². The second-order valence-corrected chi connectivity index (χ2v) is 3.46. The quantitative estimate of drug-likeness (QED) is 0.451.